The van der Waals surface area contributed by atoms with E-state index in [9.17, 15) is 4.39 Å². The van der Waals surface area contributed by atoms with Gasteiger partial charge in [-0.25, -0.2) is 8.96 Å². The van der Waals surface area contributed by atoms with Gasteiger partial charge in [0.05, 0.1) is 27.3 Å². The van der Waals surface area contributed by atoms with Gasteiger partial charge in [0.1, 0.15) is 12.9 Å². The lowest BCUT2D eigenvalue weighted by molar-refractivity contribution is -0.643. The van der Waals surface area contributed by atoms with Gasteiger partial charge in [-0.15, -0.1) is 0 Å². The zero-order valence-electron chi connectivity index (χ0n) is 15.5. The van der Waals surface area contributed by atoms with Gasteiger partial charge in [0.2, 0.25) is 5.52 Å². The second-order valence-corrected chi connectivity index (χ2v) is 7.63. The molecule has 0 unspecified atom stereocenters. The van der Waals surface area contributed by atoms with E-state index in [1.54, 1.807) is 12.1 Å². The predicted molar refractivity (Wildman–Crippen MR) is 109 cm³/mol. The minimum Gasteiger partial charge on any atom is -0.307 e. The molecule has 130 valence electrons. The van der Waals surface area contributed by atoms with Crippen molar-refractivity contribution in [3.63, 3.8) is 0 Å². The lowest BCUT2D eigenvalue weighted by Crippen LogP contribution is -2.29. The molecule has 0 radical (unpaired) electrons. The molecule has 6 aromatic rings. The highest BCUT2D eigenvalue weighted by Gasteiger charge is 2.24. The summed E-state index contributed by atoms with van der Waals surface area (Å²) in [6.07, 6.45) is 2.03. The molecule has 6 rings (SSSR count). The number of fused-ring (bicyclic) bond motifs is 5. The molecule has 0 bridgehead atoms. The maximum absolute atomic E-state index is 14.5. The van der Waals surface area contributed by atoms with Crippen LogP contribution < -0.4 is 4.57 Å². The molecular weight excluding hydrogens is 335 g/mol. The van der Waals surface area contributed by atoms with Gasteiger partial charge in [-0.2, -0.15) is 0 Å². The Labute approximate surface area is 155 Å². The molecule has 3 heterocycles. The van der Waals surface area contributed by atoms with Crippen molar-refractivity contribution >= 4 is 49.0 Å². The quantitative estimate of drug-likeness (QED) is 0.192. The van der Waals surface area contributed by atoms with Crippen LogP contribution in [0.3, 0.4) is 0 Å². The molecule has 0 aliphatic heterocycles. The van der Waals surface area contributed by atoms with Gasteiger partial charge in [0.25, 0.3) is 0 Å². The van der Waals surface area contributed by atoms with Gasteiger partial charge in [0.15, 0.2) is 6.20 Å². The molecule has 0 amide bonds. The van der Waals surface area contributed by atoms with E-state index < -0.39 is 0 Å². The van der Waals surface area contributed by atoms with Crippen LogP contribution in [-0.4, -0.2) is 4.40 Å². The van der Waals surface area contributed by atoms with Gasteiger partial charge < -0.3 is 4.40 Å². The molecule has 2 nitrogen and oxygen atoms in total. The maximum Gasteiger partial charge on any atom is 0.224 e. The topological polar surface area (TPSA) is 8.29 Å². The van der Waals surface area contributed by atoms with Crippen molar-refractivity contribution < 1.29 is 8.96 Å². The van der Waals surface area contributed by atoms with Crippen LogP contribution in [0, 0.1) is 19.7 Å². The molecule has 3 aromatic carbocycles. The second-order valence-electron chi connectivity index (χ2n) is 7.63. The van der Waals surface area contributed by atoms with Crippen LogP contribution in [0.25, 0.3) is 49.0 Å². The van der Waals surface area contributed by atoms with Crippen molar-refractivity contribution in [2.75, 3.05) is 0 Å². The Morgan fingerprint density at radius 2 is 1.63 bits per heavy atom. The van der Waals surface area contributed by atoms with Crippen LogP contribution in [0.15, 0.2) is 54.7 Å². The van der Waals surface area contributed by atoms with E-state index in [0.717, 1.165) is 21.8 Å². The Balaban J connectivity index is 2.18. The fourth-order valence-corrected chi connectivity index (χ4v) is 5.00. The van der Waals surface area contributed by atoms with Gasteiger partial charge >= 0.3 is 0 Å². The van der Waals surface area contributed by atoms with Crippen LogP contribution in [0.2, 0.25) is 0 Å². The summed E-state index contributed by atoms with van der Waals surface area (Å²) in [6, 6.07) is 16.1. The number of pyridine rings is 2. The number of benzene rings is 3. The number of aromatic nitrogens is 2. The van der Waals surface area contributed by atoms with Crippen LogP contribution in [0.1, 0.15) is 11.1 Å². The van der Waals surface area contributed by atoms with Crippen molar-refractivity contribution in [1.82, 2.24) is 4.40 Å². The number of para-hydroxylation sites is 1. The van der Waals surface area contributed by atoms with Crippen molar-refractivity contribution in [3.05, 3.63) is 71.7 Å². The molecule has 0 N–H and O–H groups in total. The third kappa shape index (κ3) is 1.67. The van der Waals surface area contributed by atoms with E-state index in [1.165, 1.54) is 38.3 Å². The average molecular weight is 353 g/mol. The molecular formula is C24H18FN2+. The summed E-state index contributed by atoms with van der Waals surface area (Å²) in [4.78, 5) is 0. The first kappa shape index (κ1) is 14.9. The lowest BCUT2D eigenvalue weighted by Gasteiger charge is -2.13. The first-order chi connectivity index (χ1) is 13.1. The Bertz CT molecular complexity index is 1560. The zero-order chi connectivity index (χ0) is 18.4. The zero-order valence-corrected chi connectivity index (χ0v) is 15.5. The highest BCUT2D eigenvalue weighted by Crippen LogP contribution is 2.41. The largest absolute Gasteiger partial charge is 0.307 e. The lowest BCUT2D eigenvalue weighted by atomic mass is 9.97. The fourth-order valence-electron chi connectivity index (χ4n) is 5.00. The molecule has 0 fully saturated rings. The first-order valence-corrected chi connectivity index (χ1v) is 9.22. The number of hydrogen-bond acceptors (Lipinski definition) is 0. The number of hydrogen-bond donors (Lipinski definition) is 0. The molecule has 0 atom stereocenters. The first-order valence-electron chi connectivity index (χ1n) is 9.22. The Morgan fingerprint density at radius 1 is 0.852 bits per heavy atom. The maximum atomic E-state index is 14.5. The summed E-state index contributed by atoms with van der Waals surface area (Å²) in [7, 11) is 2.07. The van der Waals surface area contributed by atoms with Crippen molar-refractivity contribution in [2.24, 2.45) is 7.05 Å². The monoisotopic (exact) mass is 353 g/mol. The molecule has 3 aromatic heterocycles. The summed E-state index contributed by atoms with van der Waals surface area (Å²) in [6.45, 7) is 4.35. The molecule has 3 heteroatoms. The number of aryl methyl sites for hydroxylation is 3. The number of nitrogens with zero attached hydrogens (tertiary/aromatic N) is 2. The van der Waals surface area contributed by atoms with E-state index in [1.807, 2.05) is 12.3 Å². The van der Waals surface area contributed by atoms with E-state index >= 15 is 0 Å². The third-order valence-electron chi connectivity index (χ3n) is 5.99. The molecule has 0 saturated heterocycles. The summed E-state index contributed by atoms with van der Waals surface area (Å²) >= 11 is 0. The third-order valence-corrected chi connectivity index (χ3v) is 5.99. The van der Waals surface area contributed by atoms with Crippen molar-refractivity contribution in [3.8, 4) is 0 Å². The summed E-state index contributed by atoms with van der Waals surface area (Å²) < 4.78 is 19.0. The summed E-state index contributed by atoms with van der Waals surface area (Å²) in [5.74, 6) is -0.198. The van der Waals surface area contributed by atoms with Crippen LogP contribution in [0.4, 0.5) is 4.39 Å². The number of halogens is 1. The molecule has 0 aliphatic rings. The Morgan fingerprint density at radius 3 is 2.48 bits per heavy atom. The Hall–Kier alpha value is -3.20. The van der Waals surface area contributed by atoms with Crippen LogP contribution in [-0.2, 0) is 7.05 Å². The standard InChI is InChI=1S/C24H18FN2/c1-13-10-14(2)21-23-22-15(8-9-26(23)3)11-16(25)12-19(22)27-18-7-5-4-6-17(18)20(13)24(21)27/h4-12H,1-3H3/q+1. The van der Waals surface area contributed by atoms with E-state index in [-0.39, 0.29) is 5.82 Å². The van der Waals surface area contributed by atoms with Crippen molar-refractivity contribution in [2.45, 2.75) is 13.8 Å². The normalized spacial score (nSPS) is 12.4. The van der Waals surface area contributed by atoms with E-state index in [0.29, 0.717) is 0 Å². The molecule has 0 spiro atoms. The van der Waals surface area contributed by atoms with Gasteiger partial charge in [0, 0.05) is 16.8 Å². The van der Waals surface area contributed by atoms with Gasteiger partial charge in [-0.1, -0.05) is 24.3 Å². The Kier molecular flexibility index (Phi) is 2.62. The summed E-state index contributed by atoms with van der Waals surface area (Å²) in [5.41, 5.74) is 6.93. The fraction of sp³-hybridized carbons (Fsp3) is 0.125. The SMILES string of the molecule is Cc1cc(C)c2c3c1c1ccccc1n3c1cc(F)cc3cc[n+](C)c2c31. The minimum absolute atomic E-state index is 0.198. The van der Waals surface area contributed by atoms with Crippen molar-refractivity contribution in [1.29, 1.82) is 0 Å². The number of rotatable bonds is 0. The molecule has 0 aliphatic carbocycles. The highest BCUT2D eigenvalue weighted by molar-refractivity contribution is 6.26. The second kappa shape index (κ2) is 4.74. The van der Waals surface area contributed by atoms with E-state index in [4.69, 9.17) is 0 Å². The predicted octanol–water partition coefficient (Wildman–Crippen LogP) is 5.57. The molecule has 0 saturated carbocycles. The van der Waals surface area contributed by atoms with Gasteiger partial charge in [-0.05, 0) is 48.6 Å². The smallest absolute Gasteiger partial charge is 0.224 e. The van der Waals surface area contributed by atoms with Crippen LogP contribution in [0.5, 0.6) is 0 Å². The minimum atomic E-state index is -0.198. The summed E-state index contributed by atoms with van der Waals surface area (Å²) in [5, 5.41) is 5.79. The van der Waals surface area contributed by atoms with E-state index in [2.05, 4.69) is 60.2 Å². The molecule has 27 heavy (non-hydrogen) atoms. The highest BCUT2D eigenvalue weighted by atomic mass is 19.1. The average Bonchev–Trinajstić information content (AvgIpc) is 2.99. The van der Waals surface area contributed by atoms with Crippen LogP contribution >= 0.6 is 0 Å². The van der Waals surface area contributed by atoms with Gasteiger partial charge in [-0.3, -0.25) is 0 Å².